The van der Waals surface area contributed by atoms with Gasteiger partial charge in [-0.05, 0) is 53.5 Å². The fraction of sp³-hybridized carbons (Fsp3) is 0.440. The van der Waals surface area contributed by atoms with Gasteiger partial charge < -0.3 is 18.9 Å². The first-order valence-corrected chi connectivity index (χ1v) is 14.8. The first-order chi connectivity index (χ1) is 18.3. The average molecular weight is 562 g/mol. The SMILES string of the molecule is Cn1cnc(S(=O)(=O)N2CC3C(CN(C(=O)Oc4cccs4)c4ccc(N5CCOCC5)c(F)c4)C3C2)c1. The van der Waals surface area contributed by atoms with Gasteiger partial charge in [0, 0.05) is 46.0 Å². The van der Waals surface area contributed by atoms with Crippen LogP contribution in [-0.4, -0.2) is 74.3 Å². The molecule has 13 heteroatoms. The van der Waals surface area contributed by atoms with Crippen LogP contribution < -0.4 is 14.5 Å². The molecule has 0 N–H and O–H groups in total. The Morgan fingerprint density at radius 3 is 2.63 bits per heavy atom. The molecule has 3 fully saturated rings. The van der Waals surface area contributed by atoms with Crippen molar-refractivity contribution in [2.45, 2.75) is 5.03 Å². The molecule has 2 aromatic heterocycles. The molecule has 1 amide bonds. The molecular weight excluding hydrogens is 533 g/mol. The molecule has 4 heterocycles. The van der Waals surface area contributed by atoms with Crippen LogP contribution in [0.15, 0.2) is 53.3 Å². The Morgan fingerprint density at radius 2 is 2.00 bits per heavy atom. The van der Waals surface area contributed by atoms with Crippen molar-refractivity contribution in [3.05, 3.63) is 54.1 Å². The van der Waals surface area contributed by atoms with Gasteiger partial charge >= 0.3 is 6.09 Å². The number of halogens is 1. The van der Waals surface area contributed by atoms with E-state index in [0.29, 0.717) is 62.4 Å². The first kappa shape index (κ1) is 25.3. The Kier molecular flexibility index (Phi) is 6.62. The zero-order chi connectivity index (χ0) is 26.4. The fourth-order valence-electron chi connectivity index (χ4n) is 5.42. The quantitative estimate of drug-likeness (QED) is 0.438. The minimum atomic E-state index is -3.66. The van der Waals surface area contributed by atoms with Gasteiger partial charge in [-0.15, -0.1) is 11.3 Å². The highest BCUT2D eigenvalue weighted by Gasteiger charge is 2.58. The molecule has 0 spiro atoms. The summed E-state index contributed by atoms with van der Waals surface area (Å²) < 4.78 is 55.2. The Balaban J connectivity index is 1.18. The number of aryl methyl sites for hydroxylation is 1. The van der Waals surface area contributed by atoms with Crippen LogP contribution in [0.25, 0.3) is 0 Å². The van der Waals surface area contributed by atoms with E-state index in [1.165, 1.54) is 39.1 Å². The lowest BCUT2D eigenvalue weighted by Gasteiger charge is -2.30. The lowest BCUT2D eigenvalue weighted by Crippen LogP contribution is -2.39. The summed E-state index contributed by atoms with van der Waals surface area (Å²) in [7, 11) is -1.94. The van der Waals surface area contributed by atoms with E-state index in [-0.39, 0.29) is 22.8 Å². The molecule has 2 aliphatic heterocycles. The number of amides is 1. The van der Waals surface area contributed by atoms with E-state index in [4.69, 9.17) is 9.47 Å². The van der Waals surface area contributed by atoms with Crippen molar-refractivity contribution >= 4 is 38.8 Å². The molecule has 202 valence electrons. The van der Waals surface area contributed by atoms with Crippen LogP contribution in [0.4, 0.5) is 20.6 Å². The van der Waals surface area contributed by atoms with E-state index in [9.17, 15) is 13.2 Å². The van der Waals surface area contributed by atoms with Gasteiger partial charge in [0.15, 0.2) is 10.1 Å². The normalized spacial score (nSPS) is 23.3. The highest BCUT2D eigenvalue weighted by atomic mass is 32.2. The maximum atomic E-state index is 15.2. The number of fused-ring (bicyclic) bond motifs is 1. The molecule has 2 saturated heterocycles. The molecule has 0 bridgehead atoms. The zero-order valence-electron chi connectivity index (χ0n) is 20.8. The third-order valence-corrected chi connectivity index (χ3v) is 9.98. The molecule has 38 heavy (non-hydrogen) atoms. The van der Waals surface area contributed by atoms with Crippen molar-refractivity contribution < 1.29 is 27.1 Å². The van der Waals surface area contributed by atoms with E-state index >= 15 is 4.39 Å². The monoisotopic (exact) mass is 561 g/mol. The number of imidazole rings is 1. The van der Waals surface area contributed by atoms with Gasteiger partial charge in [-0.1, -0.05) is 0 Å². The summed E-state index contributed by atoms with van der Waals surface area (Å²) in [6.07, 6.45) is 2.37. The number of nitrogens with zero attached hydrogens (tertiary/aromatic N) is 5. The molecule has 2 unspecified atom stereocenters. The summed E-state index contributed by atoms with van der Waals surface area (Å²) in [5.41, 5.74) is 0.881. The number of carbonyl (C=O) groups is 1. The van der Waals surface area contributed by atoms with Gasteiger partial charge in [0.05, 0.1) is 30.9 Å². The van der Waals surface area contributed by atoms with Crippen LogP contribution in [0.2, 0.25) is 0 Å². The predicted octanol–water partition coefficient (Wildman–Crippen LogP) is 3.03. The Morgan fingerprint density at radius 1 is 1.24 bits per heavy atom. The van der Waals surface area contributed by atoms with Crippen molar-refractivity contribution in [3.8, 4) is 5.06 Å². The second-order valence-electron chi connectivity index (χ2n) is 9.84. The van der Waals surface area contributed by atoms with Crippen LogP contribution in [0.1, 0.15) is 0 Å². The van der Waals surface area contributed by atoms with Gasteiger partial charge in [-0.3, -0.25) is 4.90 Å². The van der Waals surface area contributed by atoms with Crippen molar-refractivity contribution in [1.82, 2.24) is 13.9 Å². The molecule has 6 rings (SSSR count). The summed E-state index contributed by atoms with van der Waals surface area (Å²) >= 11 is 1.30. The van der Waals surface area contributed by atoms with E-state index < -0.39 is 21.9 Å². The second-order valence-corrected chi connectivity index (χ2v) is 12.6. The molecule has 1 saturated carbocycles. The number of benzene rings is 1. The number of carbonyl (C=O) groups excluding carboxylic acids is 1. The number of thiophene rings is 1. The maximum absolute atomic E-state index is 15.2. The highest BCUT2D eigenvalue weighted by molar-refractivity contribution is 7.89. The van der Waals surface area contributed by atoms with Gasteiger partial charge in [0.25, 0.3) is 10.0 Å². The third kappa shape index (κ3) is 4.79. The Hall–Kier alpha value is -3.00. The number of aromatic nitrogens is 2. The van der Waals surface area contributed by atoms with Crippen molar-refractivity contribution in [3.63, 3.8) is 0 Å². The predicted molar refractivity (Wildman–Crippen MR) is 140 cm³/mol. The number of hydrogen-bond donors (Lipinski definition) is 0. The summed E-state index contributed by atoms with van der Waals surface area (Å²) in [4.78, 5) is 20.6. The van der Waals surface area contributed by atoms with Crippen LogP contribution in [0.3, 0.4) is 0 Å². The summed E-state index contributed by atoms with van der Waals surface area (Å²) in [5.74, 6) is -0.101. The van der Waals surface area contributed by atoms with Gasteiger partial charge in [-0.2, -0.15) is 4.31 Å². The molecule has 1 aliphatic carbocycles. The van der Waals surface area contributed by atoms with Crippen LogP contribution >= 0.6 is 11.3 Å². The number of sulfonamides is 1. The van der Waals surface area contributed by atoms with Crippen LogP contribution in [0.5, 0.6) is 5.06 Å². The number of rotatable bonds is 7. The van der Waals surface area contributed by atoms with Gasteiger partial charge in [0.1, 0.15) is 5.82 Å². The Labute approximate surface area is 224 Å². The lowest BCUT2D eigenvalue weighted by atomic mass is 10.2. The van der Waals surface area contributed by atoms with Crippen molar-refractivity contribution in [2.75, 3.05) is 55.7 Å². The molecule has 10 nitrogen and oxygen atoms in total. The molecule has 2 atom stereocenters. The topological polar surface area (TPSA) is 97.2 Å². The largest absolute Gasteiger partial charge is 0.420 e. The second kappa shape index (κ2) is 9.95. The number of ether oxygens (including phenoxy) is 2. The van der Waals surface area contributed by atoms with E-state index in [2.05, 4.69) is 4.98 Å². The van der Waals surface area contributed by atoms with Crippen LogP contribution in [-0.2, 0) is 21.8 Å². The number of piperidine rings is 1. The molecule has 3 aromatic rings. The van der Waals surface area contributed by atoms with Gasteiger partial charge in [-0.25, -0.2) is 22.6 Å². The van der Waals surface area contributed by atoms with E-state index in [1.807, 2.05) is 10.3 Å². The number of anilines is 2. The van der Waals surface area contributed by atoms with Gasteiger partial charge in [0.2, 0.25) is 0 Å². The van der Waals surface area contributed by atoms with Crippen LogP contribution in [0, 0.1) is 23.6 Å². The standard InChI is InChI=1S/C25H28FN5O5S2/c1-28-15-23(27-16-28)38(33,34)30-12-18-19(13-30)20(18)14-31(25(32)36-24-3-2-10-37-24)17-4-5-22(21(26)11-17)29-6-8-35-9-7-29/h2-5,10-11,15-16,18-20H,6-9,12-14H2,1H3. The minimum absolute atomic E-state index is 0.0369. The Bertz CT molecular complexity index is 1410. The zero-order valence-corrected chi connectivity index (χ0v) is 22.4. The summed E-state index contributed by atoms with van der Waals surface area (Å²) in [5, 5.41) is 2.30. The molecule has 3 aliphatic rings. The van der Waals surface area contributed by atoms with Crippen molar-refractivity contribution in [2.24, 2.45) is 24.8 Å². The average Bonchev–Trinajstić information content (AvgIpc) is 3.42. The van der Waals surface area contributed by atoms with E-state index in [1.54, 1.807) is 35.9 Å². The maximum Gasteiger partial charge on any atom is 0.420 e. The third-order valence-electron chi connectivity index (χ3n) is 7.51. The molecule has 1 aromatic carbocycles. The first-order valence-electron chi connectivity index (χ1n) is 12.4. The lowest BCUT2D eigenvalue weighted by molar-refractivity contribution is 0.122. The number of hydrogen-bond acceptors (Lipinski definition) is 8. The summed E-state index contributed by atoms with van der Waals surface area (Å²) in [6.45, 7) is 3.33. The highest BCUT2D eigenvalue weighted by Crippen LogP contribution is 2.53. The number of morpholine rings is 1. The van der Waals surface area contributed by atoms with Crippen molar-refractivity contribution in [1.29, 1.82) is 0 Å². The smallest absolute Gasteiger partial charge is 0.399 e. The molecular formula is C25H28FN5O5S2. The van der Waals surface area contributed by atoms with E-state index in [0.717, 1.165) is 0 Å². The molecule has 0 radical (unpaired) electrons. The summed E-state index contributed by atoms with van der Waals surface area (Å²) in [6, 6.07) is 8.29. The fourth-order valence-corrected chi connectivity index (χ4v) is 7.46. The minimum Gasteiger partial charge on any atom is -0.399 e.